The molecule has 2 aliphatic heterocycles. The Labute approximate surface area is 173 Å². The van der Waals surface area contributed by atoms with Crippen molar-refractivity contribution >= 4 is 11.8 Å². The van der Waals surface area contributed by atoms with Gasteiger partial charge < -0.3 is 10.2 Å². The fourth-order valence-corrected chi connectivity index (χ4v) is 5.27. The van der Waals surface area contributed by atoms with E-state index in [-0.39, 0.29) is 11.8 Å². The number of H-pyrrole nitrogens is 1. The van der Waals surface area contributed by atoms with Gasteiger partial charge in [0.15, 0.2) is 5.69 Å². The van der Waals surface area contributed by atoms with Gasteiger partial charge in [0.05, 0.1) is 0 Å². The number of rotatable bonds is 7. The first kappa shape index (κ1) is 20.4. The lowest BCUT2D eigenvalue weighted by atomic mass is 9.91. The number of aromatic amines is 1. The van der Waals surface area contributed by atoms with Crippen molar-refractivity contribution in [3.8, 4) is 0 Å². The fraction of sp³-hybridized carbons (Fsp3) is 0.773. The molecule has 2 amide bonds. The Hall–Kier alpha value is -1.89. The molecule has 1 aromatic rings. The molecular formula is C22H35N5O2. The summed E-state index contributed by atoms with van der Waals surface area (Å²) in [5, 5.41) is 10.5. The predicted molar refractivity (Wildman–Crippen MR) is 112 cm³/mol. The van der Waals surface area contributed by atoms with Crippen LogP contribution in [-0.2, 0) is 17.6 Å². The van der Waals surface area contributed by atoms with E-state index in [1.54, 1.807) is 0 Å². The lowest BCUT2D eigenvalue weighted by Crippen LogP contribution is -2.40. The average Bonchev–Trinajstić information content (AvgIpc) is 3.47. The molecule has 29 heavy (non-hydrogen) atoms. The van der Waals surface area contributed by atoms with Gasteiger partial charge in [-0.05, 0) is 70.4 Å². The first-order chi connectivity index (χ1) is 14.2. The fourth-order valence-electron chi connectivity index (χ4n) is 5.27. The van der Waals surface area contributed by atoms with E-state index >= 15 is 0 Å². The Morgan fingerprint density at radius 1 is 1.14 bits per heavy atom. The van der Waals surface area contributed by atoms with Crippen LogP contribution in [0.25, 0.3) is 0 Å². The third-order valence-electron chi connectivity index (χ3n) is 7.13. The number of piperidine rings is 1. The quantitative estimate of drug-likeness (QED) is 0.733. The van der Waals surface area contributed by atoms with Crippen molar-refractivity contribution in [2.75, 3.05) is 32.7 Å². The van der Waals surface area contributed by atoms with Gasteiger partial charge in [-0.3, -0.25) is 19.6 Å². The van der Waals surface area contributed by atoms with Crippen LogP contribution in [0.15, 0.2) is 0 Å². The summed E-state index contributed by atoms with van der Waals surface area (Å²) in [5.41, 5.74) is 2.93. The number of amides is 2. The summed E-state index contributed by atoms with van der Waals surface area (Å²) in [4.78, 5) is 29.5. The smallest absolute Gasteiger partial charge is 0.274 e. The van der Waals surface area contributed by atoms with Crippen LogP contribution in [0.5, 0.6) is 0 Å². The predicted octanol–water partition coefficient (Wildman–Crippen LogP) is 2.13. The molecule has 2 fully saturated rings. The van der Waals surface area contributed by atoms with Crippen molar-refractivity contribution in [1.82, 2.24) is 25.3 Å². The van der Waals surface area contributed by atoms with Crippen molar-refractivity contribution in [3.05, 3.63) is 17.0 Å². The van der Waals surface area contributed by atoms with E-state index in [4.69, 9.17) is 0 Å². The van der Waals surface area contributed by atoms with E-state index in [9.17, 15) is 9.59 Å². The lowest BCUT2D eigenvalue weighted by molar-refractivity contribution is -0.121. The van der Waals surface area contributed by atoms with Gasteiger partial charge in [-0.25, -0.2) is 0 Å². The highest BCUT2D eigenvalue weighted by Gasteiger charge is 2.29. The molecule has 0 saturated carbocycles. The molecule has 0 bridgehead atoms. The minimum Gasteiger partial charge on any atom is -0.355 e. The molecule has 1 aliphatic carbocycles. The van der Waals surface area contributed by atoms with Crippen LogP contribution in [0.2, 0.25) is 0 Å². The number of nitrogens with one attached hydrogen (secondary N) is 2. The van der Waals surface area contributed by atoms with Crippen molar-refractivity contribution in [1.29, 1.82) is 0 Å². The van der Waals surface area contributed by atoms with Crippen LogP contribution in [0.4, 0.5) is 0 Å². The maximum Gasteiger partial charge on any atom is 0.274 e. The minimum absolute atomic E-state index is 0.0811. The molecule has 7 nitrogen and oxygen atoms in total. The highest BCUT2D eigenvalue weighted by Crippen LogP contribution is 2.27. The zero-order valence-corrected chi connectivity index (χ0v) is 17.7. The second kappa shape index (κ2) is 9.28. The summed E-state index contributed by atoms with van der Waals surface area (Å²) in [6, 6.07) is 0.515. The van der Waals surface area contributed by atoms with Crippen LogP contribution in [0.3, 0.4) is 0 Å². The Kier molecular flexibility index (Phi) is 6.53. The Bertz CT molecular complexity index is 723. The van der Waals surface area contributed by atoms with Gasteiger partial charge in [-0.2, -0.15) is 5.10 Å². The summed E-state index contributed by atoms with van der Waals surface area (Å²) < 4.78 is 0. The van der Waals surface area contributed by atoms with Gasteiger partial charge >= 0.3 is 0 Å². The molecule has 0 unspecified atom stereocenters. The summed E-state index contributed by atoms with van der Waals surface area (Å²) in [6.45, 7) is 6.76. The highest BCUT2D eigenvalue weighted by molar-refractivity contribution is 5.94. The average molecular weight is 402 g/mol. The number of carbonyl (C=O) groups excluding carboxylic acids is 2. The van der Waals surface area contributed by atoms with Crippen LogP contribution >= 0.6 is 0 Å². The van der Waals surface area contributed by atoms with Gasteiger partial charge in [0.1, 0.15) is 0 Å². The van der Waals surface area contributed by atoms with Crippen molar-refractivity contribution in [2.24, 2.45) is 5.92 Å². The molecule has 2 N–H and O–H groups in total. The second-order valence-electron chi connectivity index (χ2n) is 8.89. The largest absolute Gasteiger partial charge is 0.355 e. The normalized spacial score (nSPS) is 22.8. The van der Waals surface area contributed by atoms with Crippen LogP contribution < -0.4 is 5.32 Å². The third-order valence-corrected chi connectivity index (χ3v) is 7.13. The van der Waals surface area contributed by atoms with Crippen LogP contribution in [0, 0.1) is 5.92 Å². The van der Waals surface area contributed by atoms with E-state index in [1.165, 1.54) is 12.8 Å². The van der Waals surface area contributed by atoms with Gasteiger partial charge in [-0.1, -0.05) is 6.92 Å². The van der Waals surface area contributed by atoms with E-state index in [1.807, 2.05) is 4.90 Å². The number of carbonyl (C=O) groups is 2. The van der Waals surface area contributed by atoms with Crippen molar-refractivity contribution in [3.63, 3.8) is 0 Å². The zero-order chi connectivity index (χ0) is 20.2. The monoisotopic (exact) mass is 401 g/mol. The lowest BCUT2D eigenvalue weighted by Gasteiger charge is -2.31. The number of aromatic nitrogens is 2. The molecule has 0 radical (unpaired) electrons. The molecular weight excluding hydrogens is 366 g/mol. The standard InChI is InChI=1S/C22H35N5O2/c1-2-26-12-4-5-17(26)15-23-20(28)9-8-16-10-13-27(14-11-16)22(29)21-18-6-3-7-19(18)24-25-21/h16-17H,2-15H2,1H3,(H,23,28)(H,24,25)/t17-/m1/s1. The molecule has 2 saturated heterocycles. The van der Waals surface area contributed by atoms with Gasteiger partial charge in [-0.15, -0.1) is 0 Å². The number of likely N-dealkylation sites (tertiary alicyclic amines) is 2. The van der Waals surface area contributed by atoms with Crippen molar-refractivity contribution in [2.45, 2.75) is 70.8 Å². The van der Waals surface area contributed by atoms with Gasteiger partial charge in [0, 0.05) is 43.4 Å². The minimum atomic E-state index is 0.0811. The maximum absolute atomic E-state index is 12.8. The summed E-state index contributed by atoms with van der Waals surface area (Å²) in [6.07, 6.45) is 9.03. The number of hydrogen-bond donors (Lipinski definition) is 2. The molecule has 4 rings (SSSR count). The number of nitrogens with zero attached hydrogens (tertiary/aromatic N) is 3. The van der Waals surface area contributed by atoms with E-state index in [0.29, 0.717) is 24.1 Å². The van der Waals surface area contributed by atoms with E-state index in [2.05, 4.69) is 27.3 Å². The van der Waals surface area contributed by atoms with Crippen LogP contribution in [0.1, 0.15) is 73.6 Å². The highest BCUT2D eigenvalue weighted by atomic mass is 16.2. The number of aryl methyl sites for hydroxylation is 1. The first-order valence-corrected chi connectivity index (χ1v) is 11.5. The van der Waals surface area contributed by atoms with Gasteiger partial charge in [0.2, 0.25) is 5.91 Å². The summed E-state index contributed by atoms with van der Waals surface area (Å²) in [5.74, 6) is 0.796. The Morgan fingerprint density at radius 3 is 2.76 bits per heavy atom. The number of fused-ring (bicyclic) bond motifs is 1. The molecule has 3 heterocycles. The summed E-state index contributed by atoms with van der Waals surface area (Å²) >= 11 is 0. The van der Waals surface area contributed by atoms with Gasteiger partial charge in [0.25, 0.3) is 5.91 Å². The van der Waals surface area contributed by atoms with E-state index < -0.39 is 0 Å². The second-order valence-corrected chi connectivity index (χ2v) is 8.89. The topological polar surface area (TPSA) is 81.3 Å². The zero-order valence-electron chi connectivity index (χ0n) is 17.7. The first-order valence-electron chi connectivity index (χ1n) is 11.5. The molecule has 1 atom stereocenters. The van der Waals surface area contributed by atoms with Crippen LogP contribution in [-0.4, -0.2) is 70.6 Å². The summed E-state index contributed by atoms with van der Waals surface area (Å²) in [7, 11) is 0. The molecule has 0 spiro atoms. The molecule has 160 valence electrons. The maximum atomic E-state index is 12.8. The SMILES string of the molecule is CCN1CCC[C@@H]1CNC(=O)CCC1CCN(C(=O)c2n[nH]c3c2CCC3)CC1. The third kappa shape index (κ3) is 4.65. The molecule has 0 aromatic carbocycles. The Balaban J connectivity index is 1.16. The number of hydrogen-bond acceptors (Lipinski definition) is 4. The number of likely N-dealkylation sites (N-methyl/N-ethyl adjacent to an activating group) is 1. The molecule has 7 heteroatoms. The molecule has 1 aromatic heterocycles. The van der Waals surface area contributed by atoms with E-state index in [0.717, 1.165) is 82.5 Å². The Morgan fingerprint density at radius 2 is 1.97 bits per heavy atom. The molecule has 3 aliphatic rings. The van der Waals surface area contributed by atoms with Crippen molar-refractivity contribution < 1.29 is 9.59 Å².